The molecule has 0 saturated carbocycles. The zero-order chi connectivity index (χ0) is 23.7. The molecule has 0 unspecified atom stereocenters. The van der Waals surface area contributed by atoms with Crippen LogP contribution in [0.2, 0.25) is 5.02 Å². The molecule has 2 aromatic heterocycles. The topological polar surface area (TPSA) is 84.2 Å². The molecule has 0 spiro atoms. The van der Waals surface area contributed by atoms with Crippen LogP contribution in [0, 0.1) is 12.8 Å². The maximum absolute atomic E-state index is 13.9. The number of aryl methyl sites for hydroxylation is 1. The van der Waals surface area contributed by atoms with Gasteiger partial charge in [-0.25, -0.2) is 9.97 Å². The second-order valence-corrected chi connectivity index (χ2v) is 9.20. The zero-order valence-corrected chi connectivity index (χ0v) is 19.9. The average Bonchev–Trinajstić information content (AvgIpc) is 3.25. The zero-order valence-electron chi connectivity index (χ0n) is 19.2. The second-order valence-electron chi connectivity index (χ2n) is 8.77. The van der Waals surface area contributed by atoms with Crippen LogP contribution in [0.5, 0.6) is 0 Å². The van der Waals surface area contributed by atoms with Gasteiger partial charge in [-0.05, 0) is 55.5 Å². The van der Waals surface area contributed by atoms with Crippen molar-refractivity contribution in [2.75, 3.05) is 18.4 Å². The molecule has 2 atom stereocenters. The van der Waals surface area contributed by atoms with Crippen molar-refractivity contribution < 1.29 is 9.21 Å². The van der Waals surface area contributed by atoms with Crippen molar-refractivity contribution in [3.63, 3.8) is 0 Å². The summed E-state index contributed by atoms with van der Waals surface area (Å²) in [5.74, 6) is 0.882. The van der Waals surface area contributed by atoms with Gasteiger partial charge in [0, 0.05) is 36.1 Å². The van der Waals surface area contributed by atoms with E-state index in [0.29, 0.717) is 52.5 Å². The number of nitrogens with zero attached hydrogens (tertiary/aromatic N) is 4. The van der Waals surface area contributed by atoms with E-state index in [1.807, 2.05) is 30.0 Å². The molecule has 1 amide bonds. The number of nitrogens with one attached hydrogen (secondary N) is 1. The number of fused-ring (bicyclic) bond motifs is 1. The first-order chi connectivity index (χ1) is 16.5. The highest BCUT2D eigenvalue weighted by molar-refractivity contribution is 6.31. The summed E-state index contributed by atoms with van der Waals surface area (Å²) >= 11 is 6.07. The molecule has 0 radical (unpaired) electrons. The highest BCUT2D eigenvalue weighted by Gasteiger charge is 2.34. The highest BCUT2D eigenvalue weighted by atomic mass is 35.5. The Labute approximate surface area is 203 Å². The Balaban J connectivity index is 1.42. The number of hydrogen-bond donors (Lipinski definition) is 1. The quantitative estimate of drug-likeness (QED) is 0.404. The Morgan fingerprint density at radius 2 is 2.03 bits per heavy atom. The largest absolute Gasteiger partial charge is 0.424 e. The number of aromatic nitrogens is 3. The lowest BCUT2D eigenvalue weighted by Gasteiger charge is -2.40. The Kier molecular flexibility index (Phi) is 6.20. The van der Waals surface area contributed by atoms with Crippen molar-refractivity contribution in [3.05, 3.63) is 71.0 Å². The van der Waals surface area contributed by atoms with E-state index in [1.165, 1.54) is 0 Å². The van der Waals surface area contributed by atoms with Crippen LogP contribution in [0.25, 0.3) is 22.5 Å². The van der Waals surface area contributed by atoms with Crippen LogP contribution in [-0.4, -0.2) is 44.9 Å². The van der Waals surface area contributed by atoms with Crippen LogP contribution in [0.3, 0.4) is 0 Å². The molecule has 7 nitrogen and oxygen atoms in total. The summed E-state index contributed by atoms with van der Waals surface area (Å²) < 4.78 is 5.82. The lowest BCUT2D eigenvalue weighted by Crippen LogP contribution is -2.51. The fourth-order valence-corrected chi connectivity index (χ4v) is 4.87. The maximum Gasteiger partial charge on any atom is 0.295 e. The van der Waals surface area contributed by atoms with Crippen LogP contribution in [0.4, 0.5) is 6.01 Å². The number of benzene rings is 2. The lowest BCUT2D eigenvalue weighted by atomic mass is 9.89. The number of carbonyl (C=O) groups is 1. The molecule has 1 fully saturated rings. The van der Waals surface area contributed by atoms with E-state index in [2.05, 4.69) is 27.2 Å². The monoisotopic (exact) mass is 475 g/mol. The van der Waals surface area contributed by atoms with Crippen LogP contribution < -0.4 is 5.32 Å². The predicted molar refractivity (Wildman–Crippen MR) is 133 cm³/mol. The Hall–Kier alpha value is -3.45. The molecule has 5 rings (SSSR count). The third kappa shape index (κ3) is 4.35. The predicted octanol–water partition coefficient (Wildman–Crippen LogP) is 5.60. The van der Waals surface area contributed by atoms with E-state index < -0.39 is 0 Å². The molecule has 34 heavy (non-hydrogen) atoms. The van der Waals surface area contributed by atoms with Gasteiger partial charge in [0.05, 0.1) is 11.6 Å². The number of likely N-dealkylation sites (tertiary alicyclic amines) is 1. The van der Waals surface area contributed by atoms with Gasteiger partial charge < -0.3 is 14.6 Å². The first kappa shape index (κ1) is 22.3. The van der Waals surface area contributed by atoms with Crippen molar-refractivity contribution >= 4 is 34.6 Å². The van der Waals surface area contributed by atoms with E-state index in [-0.39, 0.29) is 11.9 Å². The third-order valence-corrected chi connectivity index (χ3v) is 6.72. The van der Waals surface area contributed by atoms with Gasteiger partial charge >= 0.3 is 0 Å². The molecular formula is C26H26ClN5O2. The molecule has 2 aromatic carbocycles. The normalized spacial score (nSPS) is 18.3. The average molecular weight is 476 g/mol. The van der Waals surface area contributed by atoms with E-state index in [4.69, 9.17) is 16.0 Å². The standard InChI is InChI=1S/C26H26ClN5O2/c1-16-7-4-13-32(21(16)15-30-26-31-20-14-18(27)9-10-22(20)34-26)25(33)23-17(2)6-3-8-19(23)24-28-11-5-12-29-24/h3,5-6,8-12,14,16,21H,4,7,13,15H2,1-2H3,(H,30,31)/t16-,21-/m1/s1. The molecule has 3 heterocycles. The fraction of sp³-hybridized carbons (Fsp3) is 0.308. The second kappa shape index (κ2) is 9.43. The van der Waals surface area contributed by atoms with Gasteiger partial charge in [-0.2, -0.15) is 4.98 Å². The van der Waals surface area contributed by atoms with Crippen molar-refractivity contribution in [1.29, 1.82) is 0 Å². The van der Waals surface area contributed by atoms with Crippen molar-refractivity contribution in [1.82, 2.24) is 19.9 Å². The van der Waals surface area contributed by atoms with Crippen molar-refractivity contribution in [3.8, 4) is 11.4 Å². The van der Waals surface area contributed by atoms with Gasteiger partial charge in [0.2, 0.25) is 0 Å². The van der Waals surface area contributed by atoms with Crippen LogP contribution in [0.15, 0.2) is 59.3 Å². The van der Waals surface area contributed by atoms with Gasteiger partial charge in [0.25, 0.3) is 11.9 Å². The summed E-state index contributed by atoms with van der Waals surface area (Å²) in [6, 6.07) is 13.4. The van der Waals surface area contributed by atoms with Gasteiger partial charge in [0.15, 0.2) is 11.4 Å². The number of halogens is 1. The lowest BCUT2D eigenvalue weighted by molar-refractivity contribution is 0.0539. The minimum absolute atomic E-state index is 0.00301. The van der Waals surface area contributed by atoms with Gasteiger partial charge in [0.1, 0.15) is 5.52 Å². The smallest absolute Gasteiger partial charge is 0.295 e. The summed E-state index contributed by atoms with van der Waals surface area (Å²) in [5, 5.41) is 3.92. The summed E-state index contributed by atoms with van der Waals surface area (Å²) in [6.07, 6.45) is 5.42. The number of rotatable bonds is 5. The minimum Gasteiger partial charge on any atom is -0.424 e. The molecule has 4 aromatic rings. The Bertz CT molecular complexity index is 1320. The minimum atomic E-state index is -0.0102. The number of piperidine rings is 1. The Morgan fingerprint density at radius 1 is 1.21 bits per heavy atom. The van der Waals surface area contributed by atoms with Crippen LogP contribution in [-0.2, 0) is 0 Å². The first-order valence-electron chi connectivity index (χ1n) is 11.5. The summed E-state index contributed by atoms with van der Waals surface area (Å²) in [4.78, 5) is 29.2. The molecule has 1 N–H and O–H groups in total. The molecule has 8 heteroatoms. The van der Waals surface area contributed by atoms with Crippen LogP contribution in [0.1, 0.15) is 35.7 Å². The van der Waals surface area contributed by atoms with E-state index >= 15 is 0 Å². The maximum atomic E-state index is 13.9. The Morgan fingerprint density at radius 3 is 2.85 bits per heavy atom. The van der Waals surface area contributed by atoms with E-state index in [9.17, 15) is 4.79 Å². The molecular weight excluding hydrogens is 450 g/mol. The van der Waals surface area contributed by atoms with Crippen molar-refractivity contribution in [2.24, 2.45) is 5.92 Å². The molecule has 1 aliphatic rings. The number of hydrogen-bond acceptors (Lipinski definition) is 6. The summed E-state index contributed by atoms with van der Waals surface area (Å²) in [6.45, 7) is 5.39. The molecule has 0 bridgehead atoms. The molecule has 1 saturated heterocycles. The summed E-state index contributed by atoms with van der Waals surface area (Å²) in [7, 11) is 0. The summed E-state index contributed by atoms with van der Waals surface area (Å²) in [5.41, 5.74) is 3.70. The molecule has 1 aliphatic heterocycles. The van der Waals surface area contributed by atoms with E-state index in [1.54, 1.807) is 36.7 Å². The van der Waals surface area contributed by atoms with E-state index in [0.717, 1.165) is 24.0 Å². The SMILES string of the molecule is Cc1cccc(-c2ncccn2)c1C(=O)N1CCC[C@@H](C)[C@H]1CNc1nc2cc(Cl)ccc2o1. The van der Waals surface area contributed by atoms with Crippen LogP contribution >= 0.6 is 11.6 Å². The number of anilines is 1. The number of oxazole rings is 1. The number of amides is 1. The highest BCUT2D eigenvalue weighted by Crippen LogP contribution is 2.30. The van der Waals surface area contributed by atoms with Gasteiger partial charge in [-0.15, -0.1) is 0 Å². The van der Waals surface area contributed by atoms with Crippen molar-refractivity contribution in [2.45, 2.75) is 32.7 Å². The van der Waals surface area contributed by atoms with Gasteiger partial charge in [-0.1, -0.05) is 36.7 Å². The molecule has 174 valence electrons. The first-order valence-corrected chi connectivity index (χ1v) is 11.9. The molecule has 0 aliphatic carbocycles. The fourth-order valence-electron chi connectivity index (χ4n) is 4.70. The third-order valence-electron chi connectivity index (χ3n) is 6.48. The van der Waals surface area contributed by atoms with Gasteiger partial charge in [-0.3, -0.25) is 4.79 Å². The number of carbonyl (C=O) groups excluding carboxylic acids is 1.